The third-order valence-corrected chi connectivity index (χ3v) is 5.96. The minimum atomic E-state index is -0.469. The average molecular weight is 394 g/mol. The van der Waals surface area contributed by atoms with Crippen molar-refractivity contribution in [1.29, 1.82) is 0 Å². The molecular formula is C19H31N5O2S. The van der Waals surface area contributed by atoms with Crippen LogP contribution < -0.4 is 5.73 Å². The molecule has 0 saturated carbocycles. The molecule has 150 valence electrons. The number of thiazole rings is 1. The van der Waals surface area contributed by atoms with Crippen LogP contribution in [0.5, 0.6) is 0 Å². The van der Waals surface area contributed by atoms with Gasteiger partial charge in [0, 0.05) is 44.0 Å². The molecule has 2 N–H and O–H groups in total. The number of aryl methyl sites for hydroxylation is 2. The Hall–Kier alpha value is -1.83. The van der Waals surface area contributed by atoms with Gasteiger partial charge in [-0.2, -0.15) is 0 Å². The summed E-state index contributed by atoms with van der Waals surface area (Å²) >= 11 is 1.84. The fourth-order valence-corrected chi connectivity index (χ4v) is 4.47. The van der Waals surface area contributed by atoms with E-state index in [9.17, 15) is 4.79 Å². The van der Waals surface area contributed by atoms with Crippen LogP contribution in [0.3, 0.4) is 0 Å². The minimum Gasteiger partial charge on any atom is -0.444 e. The van der Waals surface area contributed by atoms with Crippen LogP contribution in [0.4, 0.5) is 4.79 Å². The zero-order valence-corrected chi connectivity index (χ0v) is 17.5. The van der Waals surface area contributed by atoms with E-state index in [2.05, 4.69) is 4.99 Å². The van der Waals surface area contributed by atoms with Crippen LogP contribution in [0.2, 0.25) is 0 Å². The molecule has 1 aliphatic heterocycles. The number of aliphatic imine (C=N–C) groups is 1. The van der Waals surface area contributed by atoms with Crippen molar-refractivity contribution in [3.05, 3.63) is 15.6 Å². The first-order valence-corrected chi connectivity index (χ1v) is 10.6. The Kier molecular flexibility index (Phi) is 6.24. The van der Waals surface area contributed by atoms with Crippen LogP contribution >= 0.6 is 11.3 Å². The standard InChI is InChI=1S/C19H31N5O2S/c1-19(2,3)26-18(25)24-12-10-23(11-13-24)17(20)21-9-8-16-22-14-6-4-5-7-15(14)27-16/h4-13H2,1-3H3,(H2,20,21). The predicted molar refractivity (Wildman–Crippen MR) is 108 cm³/mol. The quantitative estimate of drug-likeness (QED) is 0.630. The van der Waals surface area contributed by atoms with Crippen molar-refractivity contribution in [3.8, 4) is 0 Å². The summed E-state index contributed by atoms with van der Waals surface area (Å²) in [6.07, 6.45) is 5.44. The number of guanidine groups is 1. The van der Waals surface area contributed by atoms with Crippen LogP contribution in [0.15, 0.2) is 4.99 Å². The van der Waals surface area contributed by atoms with Gasteiger partial charge in [0.2, 0.25) is 0 Å². The minimum absolute atomic E-state index is 0.259. The van der Waals surface area contributed by atoms with Crippen molar-refractivity contribution in [1.82, 2.24) is 14.8 Å². The molecule has 1 aromatic rings. The van der Waals surface area contributed by atoms with Gasteiger partial charge in [0.1, 0.15) is 5.60 Å². The normalized spacial score (nSPS) is 18.4. The molecule has 0 aromatic carbocycles. The Morgan fingerprint density at radius 1 is 1.19 bits per heavy atom. The Labute approximate surface area is 165 Å². The maximum atomic E-state index is 12.1. The highest BCUT2D eigenvalue weighted by Crippen LogP contribution is 2.26. The molecule has 1 amide bonds. The van der Waals surface area contributed by atoms with Crippen molar-refractivity contribution in [2.45, 2.75) is 58.5 Å². The lowest BCUT2D eigenvalue weighted by Gasteiger charge is -2.36. The molecule has 27 heavy (non-hydrogen) atoms. The third kappa shape index (κ3) is 5.57. The molecule has 0 radical (unpaired) electrons. The summed E-state index contributed by atoms with van der Waals surface area (Å²) < 4.78 is 5.42. The van der Waals surface area contributed by atoms with Gasteiger partial charge in [0.15, 0.2) is 5.96 Å². The molecule has 0 spiro atoms. The van der Waals surface area contributed by atoms with Crippen LogP contribution in [-0.2, 0) is 24.0 Å². The Morgan fingerprint density at radius 2 is 1.85 bits per heavy atom. The van der Waals surface area contributed by atoms with Gasteiger partial charge >= 0.3 is 6.09 Å². The van der Waals surface area contributed by atoms with Gasteiger partial charge in [-0.1, -0.05) is 0 Å². The first-order chi connectivity index (χ1) is 12.8. The molecule has 7 nitrogen and oxygen atoms in total. The van der Waals surface area contributed by atoms with Crippen molar-refractivity contribution in [2.24, 2.45) is 10.7 Å². The zero-order valence-electron chi connectivity index (χ0n) is 16.7. The topological polar surface area (TPSA) is 84.0 Å². The highest BCUT2D eigenvalue weighted by Gasteiger charge is 2.26. The lowest BCUT2D eigenvalue weighted by atomic mass is 10.0. The van der Waals surface area contributed by atoms with E-state index < -0.39 is 5.60 Å². The molecular weight excluding hydrogens is 362 g/mol. The van der Waals surface area contributed by atoms with Crippen molar-refractivity contribution in [3.63, 3.8) is 0 Å². The number of piperazine rings is 1. The van der Waals surface area contributed by atoms with E-state index in [-0.39, 0.29) is 6.09 Å². The molecule has 3 rings (SSSR count). The summed E-state index contributed by atoms with van der Waals surface area (Å²) in [6, 6.07) is 0. The first-order valence-electron chi connectivity index (χ1n) is 9.82. The summed E-state index contributed by atoms with van der Waals surface area (Å²) in [5.74, 6) is 0.556. The summed E-state index contributed by atoms with van der Waals surface area (Å²) in [4.78, 5) is 26.6. The van der Waals surface area contributed by atoms with Gasteiger partial charge in [-0.3, -0.25) is 4.99 Å². The van der Waals surface area contributed by atoms with E-state index in [0.717, 1.165) is 12.8 Å². The number of hydrogen-bond donors (Lipinski definition) is 1. The highest BCUT2D eigenvalue weighted by atomic mass is 32.1. The number of ether oxygens (including phenoxy) is 1. The number of hydrogen-bond acceptors (Lipinski definition) is 5. The summed E-state index contributed by atoms with van der Waals surface area (Å²) in [7, 11) is 0. The number of carbonyl (C=O) groups is 1. The van der Waals surface area contributed by atoms with Crippen LogP contribution in [0, 0.1) is 0 Å². The Morgan fingerprint density at radius 3 is 2.52 bits per heavy atom. The maximum Gasteiger partial charge on any atom is 0.410 e. The molecule has 2 heterocycles. The average Bonchev–Trinajstić information content (AvgIpc) is 3.03. The van der Waals surface area contributed by atoms with Crippen LogP contribution in [-0.4, -0.2) is 65.2 Å². The molecule has 0 unspecified atom stereocenters. The monoisotopic (exact) mass is 393 g/mol. The molecule has 0 atom stereocenters. The van der Waals surface area contributed by atoms with Crippen LogP contribution in [0.25, 0.3) is 0 Å². The number of amides is 1. The van der Waals surface area contributed by atoms with E-state index in [0.29, 0.717) is 38.7 Å². The second kappa shape index (κ2) is 8.46. The molecule has 1 fully saturated rings. The SMILES string of the molecule is CC(C)(C)OC(=O)N1CCN(C(N)=NCCc2nc3c(s2)CCCC3)CC1. The number of nitrogens with zero attached hydrogens (tertiary/aromatic N) is 4. The highest BCUT2D eigenvalue weighted by molar-refractivity contribution is 7.11. The Bertz CT molecular complexity index is 663. The lowest BCUT2D eigenvalue weighted by molar-refractivity contribution is 0.0186. The van der Waals surface area contributed by atoms with Crippen molar-refractivity contribution < 1.29 is 9.53 Å². The molecule has 0 bridgehead atoms. The largest absolute Gasteiger partial charge is 0.444 e. The maximum absolute atomic E-state index is 12.1. The van der Waals surface area contributed by atoms with Crippen molar-refractivity contribution >= 4 is 23.4 Å². The smallest absolute Gasteiger partial charge is 0.410 e. The molecule has 1 saturated heterocycles. The number of rotatable bonds is 3. The molecule has 1 aromatic heterocycles. The second-order valence-corrected chi connectivity index (χ2v) is 9.30. The summed E-state index contributed by atoms with van der Waals surface area (Å²) in [5.41, 5.74) is 6.99. The van der Waals surface area contributed by atoms with E-state index in [1.165, 1.54) is 34.8 Å². The second-order valence-electron chi connectivity index (χ2n) is 8.13. The molecule has 8 heteroatoms. The Balaban J connectivity index is 1.44. The van der Waals surface area contributed by atoms with Gasteiger partial charge in [-0.25, -0.2) is 9.78 Å². The number of aromatic nitrogens is 1. The van der Waals surface area contributed by atoms with Crippen molar-refractivity contribution in [2.75, 3.05) is 32.7 Å². The summed E-state index contributed by atoms with van der Waals surface area (Å²) in [5, 5.41) is 1.17. The number of nitrogens with two attached hydrogens (primary N) is 1. The van der Waals surface area contributed by atoms with Gasteiger partial charge in [0.25, 0.3) is 0 Å². The first kappa shape index (κ1) is 19.9. The van der Waals surface area contributed by atoms with Gasteiger partial charge < -0.3 is 20.3 Å². The van der Waals surface area contributed by atoms with Gasteiger partial charge in [0.05, 0.1) is 10.7 Å². The summed E-state index contributed by atoms with van der Waals surface area (Å²) in [6.45, 7) is 8.86. The van der Waals surface area contributed by atoms with Crippen LogP contribution in [0.1, 0.15) is 49.2 Å². The predicted octanol–water partition coefficient (Wildman–Crippen LogP) is 2.43. The van der Waals surface area contributed by atoms with E-state index in [1.54, 1.807) is 4.90 Å². The number of fused-ring (bicyclic) bond motifs is 1. The lowest BCUT2D eigenvalue weighted by Crippen LogP contribution is -2.53. The third-order valence-electron chi connectivity index (χ3n) is 4.74. The molecule has 1 aliphatic carbocycles. The van der Waals surface area contributed by atoms with E-state index >= 15 is 0 Å². The zero-order chi connectivity index (χ0) is 19.4. The fourth-order valence-electron chi connectivity index (χ4n) is 3.32. The fraction of sp³-hybridized carbons (Fsp3) is 0.737. The van der Waals surface area contributed by atoms with E-state index in [4.69, 9.17) is 15.5 Å². The van der Waals surface area contributed by atoms with Gasteiger partial charge in [-0.05, 0) is 46.5 Å². The van der Waals surface area contributed by atoms with Gasteiger partial charge in [-0.15, -0.1) is 11.3 Å². The molecule has 2 aliphatic rings. The van der Waals surface area contributed by atoms with E-state index in [1.807, 2.05) is 37.0 Å². The number of carbonyl (C=O) groups excluding carboxylic acids is 1.